The fourth-order valence-corrected chi connectivity index (χ4v) is 1.98. The van der Waals surface area contributed by atoms with Gasteiger partial charge in [-0.3, -0.25) is 4.79 Å². The molecule has 8 nitrogen and oxygen atoms in total. The van der Waals surface area contributed by atoms with Crippen molar-refractivity contribution in [3.63, 3.8) is 0 Å². The zero-order chi connectivity index (χ0) is 15.5. The maximum Gasteiger partial charge on any atom is 0.257 e. The number of aromatic nitrogens is 4. The normalized spacial score (nSPS) is 10.5. The predicted octanol–water partition coefficient (Wildman–Crippen LogP) is 1.62. The maximum absolute atomic E-state index is 12.4. The van der Waals surface area contributed by atoms with Crippen molar-refractivity contribution in [2.45, 2.75) is 0 Å². The van der Waals surface area contributed by atoms with Crippen LogP contribution < -0.4 is 14.8 Å². The topological polar surface area (TPSA) is 102 Å². The Bertz CT molecular complexity index is 808. The number of benzene rings is 1. The molecule has 0 saturated carbocycles. The molecular formula is C14H13N5O3. The highest BCUT2D eigenvalue weighted by molar-refractivity contribution is 6.07. The largest absolute Gasteiger partial charge is 0.497 e. The van der Waals surface area contributed by atoms with E-state index >= 15 is 0 Å². The van der Waals surface area contributed by atoms with Gasteiger partial charge in [-0.25, -0.2) is 15.0 Å². The average molecular weight is 299 g/mol. The lowest BCUT2D eigenvalue weighted by Crippen LogP contribution is -2.13. The summed E-state index contributed by atoms with van der Waals surface area (Å²) in [5, 5.41) is 2.72. The summed E-state index contributed by atoms with van der Waals surface area (Å²) in [6, 6.07) is 4.92. The number of nitrogens with one attached hydrogen (secondary N) is 2. The van der Waals surface area contributed by atoms with E-state index in [1.807, 2.05) is 0 Å². The summed E-state index contributed by atoms with van der Waals surface area (Å²) in [6.07, 6.45) is 2.83. The molecule has 0 bridgehead atoms. The van der Waals surface area contributed by atoms with Crippen LogP contribution in [0.3, 0.4) is 0 Å². The number of rotatable bonds is 4. The Morgan fingerprint density at radius 2 is 1.82 bits per heavy atom. The molecule has 3 aromatic rings. The molecule has 0 saturated heterocycles. The first kappa shape index (κ1) is 13.8. The molecule has 2 aromatic heterocycles. The van der Waals surface area contributed by atoms with E-state index in [0.717, 1.165) is 0 Å². The zero-order valence-electron chi connectivity index (χ0n) is 12.0. The summed E-state index contributed by atoms with van der Waals surface area (Å²) in [4.78, 5) is 27.3. The van der Waals surface area contributed by atoms with Gasteiger partial charge in [0.25, 0.3) is 5.91 Å². The minimum atomic E-state index is -0.341. The Balaban J connectivity index is 1.93. The Hall–Kier alpha value is -3.16. The number of amides is 1. The molecule has 0 spiro atoms. The van der Waals surface area contributed by atoms with Gasteiger partial charge in [0.2, 0.25) is 0 Å². The molecule has 3 rings (SSSR count). The SMILES string of the molecule is COc1cc(OC)cc(C(=O)Nc2ncnc3nc[nH]c23)c1. The number of imidazole rings is 1. The lowest BCUT2D eigenvalue weighted by molar-refractivity contribution is 0.102. The third kappa shape index (κ3) is 2.53. The molecular weight excluding hydrogens is 286 g/mol. The molecule has 112 valence electrons. The van der Waals surface area contributed by atoms with Crippen LogP contribution in [0.4, 0.5) is 5.82 Å². The van der Waals surface area contributed by atoms with Crippen molar-refractivity contribution in [1.29, 1.82) is 0 Å². The molecule has 8 heteroatoms. The number of carbonyl (C=O) groups is 1. The molecule has 0 aliphatic rings. The molecule has 0 aliphatic heterocycles. The number of methoxy groups -OCH3 is 2. The van der Waals surface area contributed by atoms with Crippen LogP contribution in [0.2, 0.25) is 0 Å². The Morgan fingerprint density at radius 3 is 2.50 bits per heavy atom. The van der Waals surface area contributed by atoms with Gasteiger partial charge < -0.3 is 19.8 Å². The summed E-state index contributed by atoms with van der Waals surface area (Å²) in [6.45, 7) is 0. The van der Waals surface area contributed by atoms with Crippen molar-refractivity contribution in [2.75, 3.05) is 19.5 Å². The molecule has 0 radical (unpaired) electrons. The summed E-state index contributed by atoms with van der Waals surface area (Å²) in [5.41, 5.74) is 1.43. The number of fused-ring (bicyclic) bond motifs is 1. The van der Waals surface area contributed by atoms with Gasteiger partial charge in [0, 0.05) is 11.6 Å². The van der Waals surface area contributed by atoms with Crippen molar-refractivity contribution < 1.29 is 14.3 Å². The van der Waals surface area contributed by atoms with Crippen molar-refractivity contribution in [2.24, 2.45) is 0 Å². The number of nitrogens with zero attached hydrogens (tertiary/aromatic N) is 3. The van der Waals surface area contributed by atoms with E-state index in [0.29, 0.717) is 34.0 Å². The van der Waals surface area contributed by atoms with Crippen LogP contribution >= 0.6 is 0 Å². The lowest BCUT2D eigenvalue weighted by Gasteiger charge is -2.09. The third-order valence-corrected chi connectivity index (χ3v) is 3.07. The van der Waals surface area contributed by atoms with Crippen molar-refractivity contribution >= 4 is 22.9 Å². The number of ether oxygens (including phenoxy) is 2. The highest BCUT2D eigenvalue weighted by Crippen LogP contribution is 2.23. The van der Waals surface area contributed by atoms with Gasteiger partial charge in [0.15, 0.2) is 11.5 Å². The highest BCUT2D eigenvalue weighted by Gasteiger charge is 2.13. The number of hydrogen-bond acceptors (Lipinski definition) is 6. The van der Waals surface area contributed by atoms with E-state index in [1.54, 1.807) is 18.2 Å². The number of carbonyl (C=O) groups excluding carboxylic acids is 1. The maximum atomic E-state index is 12.4. The first-order valence-electron chi connectivity index (χ1n) is 6.40. The van der Waals surface area contributed by atoms with E-state index < -0.39 is 0 Å². The predicted molar refractivity (Wildman–Crippen MR) is 79.2 cm³/mol. The second-order valence-electron chi connectivity index (χ2n) is 4.38. The van der Waals surface area contributed by atoms with Crippen molar-refractivity contribution in [3.05, 3.63) is 36.4 Å². The molecule has 0 atom stereocenters. The number of aromatic amines is 1. The molecule has 2 N–H and O–H groups in total. The third-order valence-electron chi connectivity index (χ3n) is 3.07. The summed E-state index contributed by atoms with van der Waals surface area (Å²) >= 11 is 0. The summed E-state index contributed by atoms with van der Waals surface area (Å²) in [5.74, 6) is 1.07. The first-order valence-corrected chi connectivity index (χ1v) is 6.40. The Labute approximate surface area is 125 Å². The van der Waals surface area contributed by atoms with E-state index in [2.05, 4.69) is 25.3 Å². The van der Waals surface area contributed by atoms with Crippen LogP contribution in [0.15, 0.2) is 30.9 Å². The van der Waals surface area contributed by atoms with Crippen LogP contribution in [0.5, 0.6) is 11.5 Å². The molecule has 2 heterocycles. The van der Waals surface area contributed by atoms with E-state index in [4.69, 9.17) is 9.47 Å². The van der Waals surface area contributed by atoms with Crippen LogP contribution in [0, 0.1) is 0 Å². The molecule has 0 unspecified atom stereocenters. The Morgan fingerprint density at radius 1 is 1.09 bits per heavy atom. The molecule has 1 aromatic carbocycles. The van der Waals surface area contributed by atoms with E-state index in [9.17, 15) is 4.79 Å². The number of anilines is 1. The van der Waals surface area contributed by atoms with Gasteiger partial charge in [-0.15, -0.1) is 0 Å². The van der Waals surface area contributed by atoms with Gasteiger partial charge in [-0.05, 0) is 12.1 Å². The minimum Gasteiger partial charge on any atom is -0.497 e. The van der Waals surface area contributed by atoms with Gasteiger partial charge in [-0.1, -0.05) is 0 Å². The number of hydrogen-bond donors (Lipinski definition) is 2. The van der Waals surface area contributed by atoms with Gasteiger partial charge in [-0.2, -0.15) is 0 Å². The monoisotopic (exact) mass is 299 g/mol. The van der Waals surface area contributed by atoms with Crippen LogP contribution in [-0.4, -0.2) is 40.1 Å². The minimum absolute atomic E-state index is 0.341. The van der Waals surface area contributed by atoms with Gasteiger partial charge in [0.05, 0.1) is 20.5 Å². The molecule has 1 amide bonds. The summed E-state index contributed by atoms with van der Waals surface area (Å²) < 4.78 is 10.3. The highest BCUT2D eigenvalue weighted by atomic mass is 16.5. The second kappa shape index (κ2) is 5.68. The van der Waals surface area contributed by atoms with Crippen molar-refractivity contribution in [1.82, 2.24) is 19.9 Å². The smallest absolute Gasteiger partial charge is 0.257 e. The van der Waals surface area contributed by atoms with E-state index in [-0.39, 0.29) is 5.91 Å². The fourth-order valence-electron chi connectivity index (χ4n) is 1.98. The van der Waals surface area contributed by atoms with Crippen LogP contribution in [0.1, 0.15) is 10.4 Å². The molecule has 22 heavy (non-hydrogen) atoms. The number of H-pyrrole nitrogens is 1. The second-order valence-corrected chi connectivity index (χ2v) is 4.38. The quantitative estimate of drug-likeness (QED) is 0.759. The average Bonchev–Trinajstić information content (AvgIpc) is 3.04. The van der Waals surface area contributed by atoms with Gasteiger partial charge in [0.1, 0.15) is 23.3 Å². The first-order chi connectivity index (χ1) is 10.7. The zero-order valence-corrected chi connectivity index (χ0v) is 12.0. The van der Waals surface area contributed by atoms with E-state index in [1.165, 1.54) is 26.9 Å². The van der Waals surface area contributed by atoms with Crippen molar-refractivity contribution in [3.8, 4) is 11.5 Å². The standard InChI is InChI=1S/C14H13N5O3/c1-21-9-3-8(4-10(5-9)22-2)14(20)19-13-11-12(16-6-15-11)17-7-18-13/h3-7H,1-2H3,(H2,15,16,17,18,19,20). The lowest BCUT2D eigenvalue weighted by atomic mass is 10.2. The summed E-state index contributed by atoms with van der Waals surface area (Å²) in [7, 11) is 3.05. The Kier molecular flexibility index (Phi) is 3.57. The van der Waals surface area contributed by atoms with Gasteiger partial charge >= 0.3 is 0 Å². The molecule has 0 fully saturated rings. The van der Waals surface area contributed by atoms with Crippen LogP contribution in [0.25, 0.3) is 11.2 Å². The molecule has 0 aliphatic carbocycles. The van der Waals surface area contributed by atoms with Crippen LogP contribution in [-0.2, 0) is 0 Å². The fraction of sp³-hybridized carbons (Fsp3) is 0.143.